The van der Waals surface area contributed by atoms with E-state index in [2.05, 4.69) is 14.8 Å². The Morgan fingerprint density at radius 1 is 0.852 bits per heavy atom. The Balaban J connectivity index is 1.65. The minimum atomic E-state index is 0.208. The van der Waals surface area contributed by atoms with Gasteiger partial charge in [-0.25, -0.2) is 4.98 Å². The van der Waals surface area contributed by atoms with Gasteiger partial charge in [-0.3, -0.25) is 9.59 Å². The van der Waals surface area contributed by atoms with Crippen LogP contribution in [0.4, 0.5) is 11.8 Å². The molecule has 1 aromatic heterocycles. The van der Waals surface area contributed by atoms with Gasteiger partial charge in [-0.15, -0.1) is 0 Å². The maximum absolute atomic E-state index is 11.9. The van der Waals surface area contributed by atoms with Crippen LogP contribution in [0.3, 0.4) is 0 Å². The zero-order valence-electron chi connectivity index (χ0n) is 16.6. The van der Waals surface area contributed by atoms with Crippen LogP contribution < -0.4 is 9.80 Å². The Labute approximate surface area is 161 Å². The Kier molecular flexibility index (Phi) is 6.13. The Morgan fingerprint density at radius 3 is 1.81 bits per heavy atom. The summed E-state index contributed by atoms with van der Waals surface area (Å²) in [6.07, 6.45) is 2.99. The van der Waals surface area contributed by atoms with Crippen molar-refractivity contribution < 1.29 is 9.59 Å². The van der Waals surface area contributed by atoms with Gasteiger partial charge in [-0.05, 0) is 6.92 Å². The number of aryl methyl sites for hydroxylation is 1. The van der Waals surface area contributed by atoms with Crippen molar-refractivity contribution in [3.05, 3.63) is 11.8 Å². The lowest BCUT2D eigenvalue weighted by molar-refractivity contribution is -0.131. The fraction of sp³-hybridized carbons (Fsp3) is 0.684. The van der Waals surface area contributed by atoms with Crippen molar-refractivity contribution in [1.82, 2.24) is 19.8 Å². The van der Waals surface area contributed by atoms with Crippen LogP contribution in [0.1, 0.15) is 32.3 Å². The van der Waals surface area contributed by atoms with Crippen molar-refractivity contribution in [2.75, 3.05) is 62.2 Å². The molecular weight excluding hydrogens is 344 g/mol. The van der Waals surface area contributed by atoms with Gasteiger partial charge in [-0.2, -0.15) is 4.98 Å². The number of nitrogens with zero attached hydrogens (tertiary/aromatic N) is 6. The van der Waals surface area contributed by atoms with Crippen LogP contribution in [-0.4, -0.2) is 83.9 Å². The molecule has 2 fully saturated rings. The summed E-state index contributed by atoms with van der Waals surface area (Å²) in [6.45, 7) is 11.9. The standard InChI is InChI=1S/C19H30N6O2/c1-4-16(26)22-6-10-24(11-7-22)18-15(3)14-20-19(21-18)25-12-8-23(9-13-25)17(27)5-2/h14H,4-13H2,1-3H3. The van der Waals surface area contributed by atoms with E-state index in [1.165, 1.54) is 0 Å². The van der Waals surface area contributed by atoms with E-state index in [9.17, 15) is 9.59 Å². The number of hydrogen-bond donors (Lipinski definition) is 0. The van der Waals surface area contributed by atoms with E-state index >= 15 is 0 Å². The summed E-state index contributed by atoms with van der Waals surface area (Å²) in [5, 5.41) is 0. The Hall–Kier alpha value is -2.38. The van der Waals surface area contributed by atoms with E-state index in [0.717, 1.165) is 69.7 Å². The minimum Gasteiger partial charge on any atom is -0.353 e. The van der Waals surface area contributed by atoms with Crippen LogP contribution in [0.2, 0.25) is 0 Å². The molecule has 2 aliphatic heterocycles. The average molecular weight is 374 g/mol. The summed E-state index contributed by atoms with van der Waals surface area (Å²) in [5.41, 5.74) is 1.05. The molecule has 0 radical (unpaired) electrons. The first-order valence-corrected chi connectivity index (χ1v) is 9.92. The molecule has 0 aromatic carbocycles. The third kappa shape index (κ3) is 4.31. The normalized spacial score (nSPS) is 18.0. The van der Waals surface area contributed by atoms with Gasteiger partial charge >= 0.3 is 0 Å². The number of hydrogen-bond acceptors (Lipinski definition) is 6. The van der Waals surface area contributed by atoms with E-state index in [4.69, 9.17) is 4.98 Å². The molecule has 0 unspecified atom stereocenters. The maximum atomic E-state index is 11.9. The summed E-state index contributed by atoms with van der Waals surface area (Å²) < 4.78 is 0. The van der Waals surface area contributed by atoms with Crippen LogP contribution in [0.25, 0.3) is 0 Å². The van der Waals surface area contributed by atoms with Crippen molar-refractivity contribution in [1.29, 1.82) is 0 Å². The molecular formula is C19H30N6O2. The quantitative estimate of drug-likeness (QED) is 0.780. The molecule has 3 rings (SSSR count). The van der Waals surface area contributed by atoms with Gasteiger partial charge in [0.1, 0.15) is 5.82 Å². The van der Waals surface area contributed by atoms with Crippen LogP contribution in [0.5, 0.6) is 0 Å². The Bertz CT molecular complexity index is 679. The molecule has 0 bridgehead atoms. The fourth-order valence-electron chi connectivity index (χ4n) is 3.67. The van der Waals surface area contributed by atoms with Gasteiger partial charge in [0.25, 0.3) is 0 Å². The lowest BCUT2D eigenvalue weighted by atomic mass is 10.2. The third-order valence-corrected chi connectivity index (χ3v) is 5.38. The number of aromatic nitrogens is 2. The molecule has 8 nitrogen and oxygen atoms in total. The minimum absolute atomic E-state index is 0.208. The predicted molar refractivity (Wildman–Crippen MR) is 105 cm³/mol. The molecule has 2 aliphatic rings. The molecule has 0 N–H and O–H groups in total. The predicted octanol–water partition coefficient (Wildman–Crippen LogP) is 0.902. The van der Waals surface area contributed by atoms with E-state index < -0.39 is 0 Å². The van der Waals surface area contributed by atoms with Gasteiger partial charge < -0.3 is 19.6 Å². The van der Waals surface area contributed by atoms with Crippen LogP contribution >= 0.6 is 0 Å². The van der Waals surface area contributed by atoms with Crippen molar-refractivity contribution in [3.8, 4) is 0 Å². The van der Waals surface area contributed by atoms with Gasteiger partial charge in [0.05, 0.1) is 0 Å². The van der Waals surface area contributed by atoms with Gasteiger partial charge in [-0.1, -0.05) is 13.8 Å². The first kappa shape index (κ1) is 19.4. The lowest BCUT2D eigenvalue weighted by Crippen LogP contribution is -2.50. The second-order valence-electron chi connectivity index (χ2n) is 7.12. The summed E-state index contributed by atoms with van der Waals surface area (Å²) in [6, 6.07) is 0. The van der Waals surface area contributed by atoms with E-state index in [0.29, 0.717) is 12.8 Å². The molecule has 2 amide bonds. The molecule has 8 heteroatoms. The smallest absolute Gasteiger partial charge is 0.227 e. The SMILES string of the molecule is CCC(=O)N1CCN(c2ncc(C)c(N3CCN(C(=O)CC)CC3)n2)CC1. The first-order valence-electron chi connectivity index (χ1n) is 9.92. The highest BCUT2D eigenvalue weighted by Gasteiger charge is 2.25. The van der Waals surface area contributed by atoms with Crippen molar-refractivity contribution in [2.24, 2.45) is 0 Å². The topological polar surface area (TPSA) is 72.9 Å². The van der Waals surface area contributed by atoms with Crippen molar-refractivity contribution >= 4 is 23.6 Å². The summed E-state index contributed by atoms with van der Waals surface area (Å²) in [5.74, 6) is 2.11. The number of carbonyl (C=O) groups is 2. The number of rotatable bonds is 4. The third-order valence-electron chi connectivity index (χ3n) is 5.38. The fourth-order valence-corrected chi connectivity index (χ4v) is 3.67. The molecule has 27 heavy (non-hydrogen) atoms. The summed E-state index contributed by atoms with van der Waals surface area (Å²) in [7, 11) is 0. The zero-order valence-corrected chi connectivity index (χ0v) is 16.6. The van der Waals surface area contributed by atoms with E-state index in [1.54, 1.807) is 0 Å². The van der Waals surface area contributed by atoms with Crippen molar-refractivity contribution in [3.63, 3.8) is 0 Å². The number of carbonyl (C=O) groups excluding carboxylic acids is 2. The van der Waals surface area contributed by atoms with Gasteiger partial charge in [0.2, 0.25) is 17.8 Å². The first-order chi connectivity index (χ1) is 13.0. The lowest BCUT2D eigenvalue weighted by Gasteiger charge is -2.37. The number of piperazine rings is 2. The van der Waals surface area contributed by atoms with Crippen molar-refractivity contribution in [2.45, 2.75) is 33.6 Å². The monoisotopic (exact) mass is 374 g/mol. The molecule has 1 aromatic rings. The molecule has 0 saturated carbocycles. The highest BCUT2D eigenvalue weighted by Crippen LogP contribution is 2.22. The zero-order chi connectivity index (χ0) is 19.4. The summed E-state index contributed by atoms with van der Waals surface area (Å²) >= 11 is 0. The molecule has 2 saturated heterocycles. The second-order valence-corrected chi connectivity index (χ2v) is 7.12. The van der Waals surface area contributed by atoms with Gasteiger partial charge in [0, 0.05) is 77.0 Å². The molecule has 148 valence electrons. The largest absolute Gasteiger partial charge is 0.353 e. The molecule has 0 atom stereocenters. The highest BCUT2D eigenvalue weighted by molar-refractivity contribution is 5.76. The Morgan fingerprint density at radius 2 is 1.33 bits per heavy atom. The number of anilines is 2. The molecule has 0 spiro atoms. The average Bonchev–Trinajstić information content (AvgIpc) is 2.73. The molecule has 0 aliphatic carbocycles. The van der Waals surface area contributed by atoms with E-state index in [-0.39, 0.29) is 11.8 Å². The molecule has 3 heterocycles. The van der Waals surface area contributed by atoms with Gasteiger partial charge in [0.15, 0.2) is 0 Å². The van der Waals surface area contributed by atoms with Crippen LogP contribution in [-0.2, 0) is 9.59 Å². The summed E-state index contributed by atoms with van der Waals surface area (Å²) in [4.78, 5) is 41.3. The highest BCUT2D eigenvalue weighted by atomic mass is 16.2. The maximum Gasteiger partial charge on any atom is 0.227 e. The van der Waals surface area contributed by atoms with E-state index in [1.807, 2.05) is 36.8 Å². The van der Waals surface area contributed by atoms with Crippen LogP contribution in [0.15, 0.2) is 6.20 Å². The van der Waals surface area contributed by atoms with Crippen LogP contribution in [0, 0.1) is 6.92 Å². The number of amides is 2. The second kappa shape index (κ2) is 8.54.